The number of carbonyl (C=O) groups is 1. The molecule has 0 aliphatic carbocycles. The molecule has 2 rings (SSSR count). The van der Waals surface area contributed by atoms with E-state index in [2.05, 4.69) is 58.6 Å². The van der Waals surface area contributed by atoms with Gasteiger partial charge in [0.05, 0.1) is 0 Å². The number of hydrogen-bond donors (Lipinski definition) is 2. The second kappa shape index (κ2) is 10.5. The molecule has 2 amide bonds. The molecule has 0 aliphatic rings. The summed E-state index contributed by atoms with van der Waals surface area (Å²) in [5.74, 6) is 0. The van der Waals surface area contributed by atoms with Crippen LogP contribution in [0.5, 0.6) is 0 Å². The molecule has 134 valence electrons. The topological polar surface area (TPSA) is 57.3 Å². The molecule has 5 nitrogen and oxygen atoms in total. The summed E-state index contributed by atoms with van der Waals surface area (Å²) >= 11 is 0. The van der Waals surface area contributed by atoms with Gasteiger partial charge >= 0.3 is 6.03 Å². The Morgan fingerprint density at radius 2 is 1.72 bits per heavy atom. The monoisotopic (exact) mass is 340 g/mol. The fourth-order valence-electron chi connectivity index (χ4n) is 2.56. The van der Waals surface area contributed by atoms with E-state index in [1.807, 2.05) is 18.2 Å². The van der Waals surface area contributed by atoms with Crippen molar-refractivity contribution in [3.05, 3.63) is 65.5 Å². The van der Waals surface area contributed by atoms with Crippen LogP contribution in [0.3, 0.4) is 0 Å². The number of hydrogen-bond acceptors (Lipinski definition) is 3. The van der Waals surface area contributed by atoms with Crippen LogP contribution in [0.25, 0.3) is 0 Å². The first kappa shape index (κ1) is 18.9. The average Bonchev–Trinajstić information content (AvgIpc) is 2.66. The van der Waals surface area contributed by atoms with Crippen LogP contribution in [0.15, 0.2) is 48.7 Å². The Morgan fingerprint density at radius 3 is 2.36 bits per heavy atom. The molecule has 2 aromatic rings. The minimum Gasteiger partial charge on any atom is -0.338 e. The number of benzene rings is 1. The van der Waals surface area contributed by atoms with E-state index in [0.29, 0.717) is 13.1 Å². The van der Waals surface area contributed by atoms with Crippen LogP contribution in [0.1, 0.15) is 30.7 Å². The molecule has 1 aromatic carbocycles. The Balaban J connectivity index is 1.69. The summed E-state index contributed by atoms with van der Waals surface area (Å²) in [6.07, 6.45) is 2.49. The van der Waals surface area contributed by atoms with Crippen molar-refractivity contribution >= 4 is 6.03 Å². The molecule has 1 heterocycles. The maximum Gasteiger partial charge on any atom is 0.315 e. The van der Waals surface area contributed by atoms with Gasteiger partial charge in [-0.3, -0.25) is 9.88 Å². The van der Waals surface area contributed by atoms with Gasteiger partial charge in [0.15, 0.2) is 0 Å². The summed E-state index contributed by atoms with van der Waals surface area (Å²) in [7, 11) is 0. The fourth-order valence-corrected chi connectivity index (χ4v) is 2.56. The highest BCUT2D eigenvalue weighted by Crippen LogP contribution is 2.07. The van der Waals surface area contributed by atoms with Gasteiger partial charge in [0.1, 0.15) is 0 Å². The summed E-state index contributed by atoms with van der Waals surface area (Å²) in [6, 6.07) is 14.1. The Hall–Kier alpha value is -2.40. The fraction of sp³-hybridized carbons (Fsp3) is 0.400. The molecule has 25 heavy (non-hydrogen) atoms. The molecule has 0 bridgehead atoms. The van der Waals surface area contributed by atoms with Gasteiger partial charge in [-0.05, 0) is 36.3 Å². The highest BCUT2D eigenvalue weighted by molar-refractivity contribution is 5.73. The Kier molecular flexibility index (Phi) is 7.92. The van der Waals surface area contributed by atoms with Gasteiger partial charge in [0, 0.05) is 37.9 Å². The van der Waals surface area contributed by atoms with Crippen molar-refractivity contribution in [3.63, 3.8) is 0 Å². The predicted molar refractivity (Wildman–Crippen MR) is 101 cm³/mol. The van der Waals surface area contributed by atoms with Crippen molar-refractivity contribution in [3.8, 4) is 0 Å². The van der Waals surface area contributed by atoms with E-state index in [4.69, 9.17) is 0 Å². The van der Waals surface area contributed by atoms with Crippen molar-refractivity contribution in [2.45, 2.75) is 33.4 Å². The zero-order valence-corrected chi connectivity index (χ0v) is 15.2. The number of carbonyl (C=O) groups excluding carboxylic acids is 1. The Labute approximate surface area is 150 Å². The van der Waals surface area contributed by atoms with Crippen molar-refractivity contribution < 1.29 is 4.79 Å². The summed E-state index contributed by atoms with van der Waals surface area (Å²) in [4.78, 5) is 18.5. The number of nitrogens with zero attached hydrogens (tertiary/aromatic N) is 2. The molecule has 5 heteroatoms. The lowest BCUT2D eigenvalue weighted by Crippen LogP contribution is -2.36. The van der Waals surface area contributed by atoms with E-state index in [0.717, 1.165) is 37.3 Å². The first-order chi connectivity index (χ1) is 12.2. The maximum atomic E-state index is 11.8. The second-order valence-electron chi connectivity index (χ2n) is 5.96. The Bertz CT molecular complexity index is 624. The molecular formula is C20H28N4O. The molecule has 0 atom stereocenters. The van der Waals surface area contributed by atoms with Crippen LogP contribution >= 0.6 is 0 Å². The number of urea groups is 1. The molecule has 0 radical (unpaired) electrons. The van der Waals surface area contributed by atoms with E-state index in [-0.39, 0.29) is 6.03 Å². The van der Waals surface area contributed by atoms with Crippen LogP contribution in [-0.2, 0) is 19.5 Å². The lowest BCUT2D eigenvalue weighted by molar-refractivity contribution is 0.240. The van der Waals surface area contributed by atoms with Crippen molar-refractivity contribution in [1.29, 1.82) is 0 Å². The van der Waals surface area contributed by atoms with E-state index in [9.17, 15) is 4.79 Å². The largest absolute Gasteiger partial charge is 0.338 e. The van der Waals surface area contributed by atoms with Crippen molar-refractivity contribution in [2.75, 3.05) is 19.6 Å². The molecule has 0 saturated carbocycles. The van der Waals surface area contributed by atoms with Gasteiger partial charge in [0.25, 0.3) is 0 Å². The lowest BCUT2D eigenvalue weighted by atomic mass is 10.1. The summed E-state index contributed by atoms with van der Waals surface area (Å²) < 4.78 is 0. The molecular weight excluding hydrogens is 312 g/mol. The lowest BCUT2D eigenvalue weighted by Gasteiger charge is -2.18. The quantitative estimate of drug-likeness (QED) is 0.738. The van der Waals surface area contributed by atoms with Gasteiger partial charge in [-0.1, -0.05) is 44.2 Å². The van der Waals surface area contributed by atoms with Gasteiger partial charge in [-0.25, -0.2) is 4.79 Å². The van der Waals surface area contributed by atoms with Crippen LogP contribution in [0.2, 0.25) is 0 Å². The Morgan fingerprint density at radius 1 is 1.00 bits per heavy atom. The van der Waals surface area contributed by atoms with Crippen molar-refractivity contribution in [2.24, 2.45) is 0 Å². The molecule has 0 saturated heterocycles. The number of rotatable bonds is 9. The average molecular weight is 340 g/mol. The first-order valence-electron chi connectivity index (χ1n) is 8.93. The van der Waals surface area contributed by atoms with E-state index in [1.165, 1.54) is 5.56 Å². The second-order valence-corrected chi connectivity index (χ2v) is 5.96. The molecule has 0 fully saturated rings. The summed E-state index contributed by atoms with van der Waals surface area (Å²) in [6.45, 7) is 8.53. The van der Waals surface area contributed by atoms with Crippen LogP contribution in [0, 0.1) is 0 Å². The third-order valence-corrected chi connectivity index (χ3v) is 4.17. The highest BCUT2D eigenvalue weighted by Gasteiger charge is 2.03. The van der Waals surface area contributed by atoms with Crippen molar-refractivity contribution in [1.82, 2.24) is 20.5 Å². The van der Waals surface area contributed by atoms with E-state index >= 15 is 0 Å². The standard InChI is InChI=1S/C20H28N4O/c1-3-24(4-2)16-18-10-8-17(9-11-18)15-23-20(25)22-14-12-19-7-5-6-13-21-19/h5-11,13H,3-4,12,14-16H2,1-2H3,(H2,22,23,25). The van der Waals surface area contributed by atoms with Gasteiger partial charge in [0.2, 0.25) is 0 Å². The first-order valence-corrected chi connectivity index (χ1v) is 8.93. The SMILES string of the molecule is CCN(CC)Cc1ccc(CNC(=O)NCCc2ccccn2)cc1. The van der Waals surface area contributed by atoms with Crippen LogP contribution < -0.4 is 10.6 Å². The van der Waals surface area contributed by atoms with Gasteiger partial charge < -0.3 is 10.6 Å². The molecule has 0 unspecified atom stereocenters. The molecule has 1 aromatic heterocycles. The van der Waals surface area contributed by atoms with Gasteiger partial charge in [-0.2, -0.15) is 0 Å². The molecule has 0 spiro atoms. The number of pyridine rings is 1. The van der Waals surface area contributed by atoms with Gasteiger partial charge in [-0.15, -0.1) is 0 Å². The third kappa shape index (κ3) is 6.93. The number of amides is 2. The number of nitrogens with one attached hydrogen (secondary N) is 2. The highest BCUT2D eigenvalue weighted by atomic mass is 16.2. The number of aromatic nitrogens is 1. The minimum atomic E-state index is -0.150. The van der Waals surface area contributed by atoms with E-state index < -0.39 is 0 Å². The van der Waals surface area contributed by atoms with E-state index in [1.54, 1.807) is 6.20 Å². The predicted octanol–water partition coefficient (Wildman–Crippen LogP) is 2.97. The normalized spacial score (nSPS) is 10.7. The molecule has 0 aliphatic heterocycles. The molecule has 2 N–H and O–H groups in total. The van der Waals surface area contributed by atoms with Crippen LogP contribution in [-0.4, -0.2) is 35.5 Å². The summed E-state index contributed by atoms with van der Waals surface area (Å²) in [5.41, 5.74) is 3.38. The summed E-state index contributed by atoms with van der Waals surface area (Å²) in [5, 5.41) is 5.74. The zero-order chi connectivity index (χ0) is 17.9. The third-order valence-electron chi connectivity index (χ3n) is 4.17. The smallest absolute Gasteiger partial charge is 0.315 e. The van der Waals surface area contributed by atoms with Crippen LogP contribution in [0.4, 0.5) is 4.79 Å². The maximum absolute atomic E-state index is 11.8. The minimum absolute atomic E-state index is 0.150. The zero-order valence-electron chi connectivity index (χ0n) is 15.2.